The summed E-state index contributed by atoms with van der Waals surface area (Å²) < 4.78 is 0. The molecule has 7 amide bonds. The molecule has 0 radical (unpaired) electrons. The lowest BCUT2D eigenvalue weighted by Crippen LogP contribution is -2.62. The Morgan fingerprint density at radius 1 is 0.500 bits per heavy atom. The molecule has 0 aromatic carbocycles. The maximum atomic E-state index is 13.5. The Balaban J connectivity index is 5.99. The average molecular weight is 805 g/mol. The fourth-order valence-corrected chi connectivity index (χ4v) is 4.94. The van der Waals surface area contributed by atoms with Gasteiger partial charge >= 0.3 is 11.9 Å². The van der Waals surface area contributed by atoms with Gasteiger partial charge in [0.1, 0.15) is 48.3 Å². The SMILES string of the molecule is CC[C@H](C)[C@H](NC(=O)[C@H](CC(=O)O)NC(=O)[C@H](CO)NC(=O)[C@H](CO)NC(=O)[C@@H](NC(=O)[C@H](CC(C)C)NC(=O)[C@H](C)NC(=O)[C@@H](N)CO)[C@@H](C)CC)C(=O)O. The number of carbonyl (C=O) groups is 9. The number of carbonyl (C=O) groups excluding carboxylic acids is 7. The van der Waals surface area contributed by atoms with E-state index >= 15 is 0 Å². The van der Waals surface area contributed by atoms with E-state index in [4.69, 9.17) is 10.8 Å². The highest BCUT2D eigenvalue weighted by molar-refractivity contribution is 5.98. The zero-order valence-corrected chi connectivity index (χ0v) is 32.8. The molecule has 0 bridgehead atoms. The van der Waals surface area contributed by atoms with Crippen molar-refractivity contribution < 1.29 is 68.7 Å². The second kappa shape index (κ2) is 25.3. The Hall–Kier alpha value is -4.93. The van der Waals surface area contributed by atoms with Gasteiger partial charge in [0.05, 0.1) is 26.2 Å². The highest BCUT2D eigenvalue weighted by Gasteiger charge is 2.36. The molecule has 22 nitrogen and oxygen atoms in total. The van der Waals surface area contributed by atoms with Crippen molar-refractivity contribution >= 4 is 53.3 Å². The lowest BCUT2D eigenvalue weighted by atomic mass is 9.96. The van der Waals surface area contributed by atoms with Gasteiger partial charge in [-0.1, -0.05) is 54.4 Å². The van der Waals surface area contributed by atoms with E-state index in [1.165, 1.54) is 13.8 Å². The Labute approximate surface area is 324 Å². The molecule has 0 aliphatic heterocycles. The van der Waals surface area contributed by atoms with E-state index in [0.717, 1.165) is 0 Å². The van der Waals surface area contributed by atoms with Gasteiger partial charge in [-0.05, 0) is 31.1 Å². The van der Waals surface area contributed by atoms with Crippen molar-refractivity contribution in [1.29, 1.82) is 0 Å². The van der Waals surface area contributed by atoms with E-state index in [-0.39, 0.29) is 12.3 Å². The van der Waals surface area contributed by atoms with Crippen molar-refractivity contribution in [3.05, 3.63) is 0 Å². The highest BCUT2D eigenvalue weighted by atomic mass is 16.4. The Morgan fingerprint density at radius 2 is 0.911 bits per heavy atom. The molecule has 0 aliphatic carbocycles. The van der Waals surface area contributed by atoms with E-state index in [0.29, 0.717) is 12.8 Å². The first-order chi connectivity index (χ1) is 26.1. The van der Waals surface area contributed by atoms with Gasteiger partial charge in [-0.3, -0.25) is 38.4 Å². The van der Waals surface area contributed by atoms with E-state index in [1.54, 1.807) is 34.6 Å². The van der Waals surface area contributed by atoms with E-state index in [2.05, 4.69) is 37.2 Å². The Bertz CT molecular complexity index is 1380. The summed E-state index contributed by atoms with van der Waals surface area (Å²) in [4.78, 5) is 114. The molecule has 0 spiro atoms. The molecule has 14 N–H and O–H groups in total. The van der Waals surface area contributed by atoms with E-state index in [9.17, 15) is 63.6 Å². The van der Waals surface area contributed by atoms with Gasteiger partial charge in [-0.25, -0.2) is 4.79 Å². The summed E-state index contributed by atoms with van der Waals surface area (Å²) in [5.41, 5.74) is 5.47. The normalized spacial score (nSPS) is 16.5. The number of aliphatic carboxylic acids is 2. The van der Waals surface area contributed by atoms with Crippen LogP contribution >= 0.6 is 0 Å². The zero-order valence-electron chi connectivity index (χ0n) is 32.8. The van der Waals surface area contributed by atoms with Crippen LogP contribution in [0.25, 0.3) is 0 Å². The van der Waals surface area contributed by atoms with Crippen molar-refractivity contribution in [3.63, 3.8) is 0 Å². The number of carboxylic acids is 2. The van der Waals surface area contributed by atoms with Crippen LogP contribution in [-0.4, -0.2) is 147 Å². The number of hydrogen-bond donors (Lipinski definition) is 13. The molecule has 0 unspecified atom stereocenters. The molecule has 56 heavy (non-hydrogen) atoms. The first-order valence-electron chi connectivity index (χ1n) is 18.2. The van der Waals surface area contributed by atoms with Gasteiger partial charge in [0, 0.05) is 0 Å². The van der Waals surface area contributed by atoms with Crippen LogP contribution < -0.4 is 43.0 Å². The number of hydrogen-bond acceptors (Lipinski definition) is 13. The lowest BCUT2D eigenvalue weighted by Gasteiger charge is -2.29. The smallest absolute Gasteiger partial charge is 0.326 e. The second-order valence-corrected chi connectivity index (χ2v) is 13.9. The number of nitrogens with two attached hydrogens (primary N) is 1. The largest absolute Gasteiger partial charge is 0.481 e. The molecule has 0 saturated heterocycles. The van der Waals surface area contributed by atoms with Crippen molar-refractivity contribution in [2.75, 3.05) is 19.8 Å². The van der Waals surface area contributed by atoms with Gasteiger partial charge in [-0.2, -0.15) is 0 Å². The summed E-state index contributed by atoms with van der Waals surface area (Å²) in [5.74, 6) is -11.2. The van der Waals surface area contributed by atoms with Crippen molar-refractivity contribution in [2.45, 2.75) is 122 Å². The van der Waals surface area contributed by atoms with Crippen LogP contribution in [0.4, 0.5) is 0 Å². The summed E-state index contributed by atoms with van der Waals surface area (Å²) in [5, 5.41) is 63.8. The number of aliphatic hydroxyl groups is 3. The molecule has 0 rings (SSSR count). The maximum absolute atomic E-state index is 13.5. The first-order valence-corrected chi connectivity index (χ1v) is 18.2. The minimum absolute atomic E-state index is 0.0997. The molecule has 10 atom stereocenters. The summed E-state index contributed by atoms with van der Waals surface area (Å²) in [6.07, 6.45) is -0.236. The zero-order chi connectivity index (χ0) is 43.4. The number of carboxylic acid groups (broad SMARTS) is 2. The maximum Gasteiger partial charge on any atom is 0.326 e. The Morgan fingerprint density at radius 3 is 1.34 bits per heavy atom. The monoisotopic (exact) mass is 804 g/mol. The van der Waals surface area contributed by atoms with Crippen LogP contribution in [0, 0.1) is 17.8 Å². The number of nitrogens with one attached hydrogen (secondary N) is 7. The van der Waals surface area contributed by atoms with Gasteiger partial charge in [0.15, 0.2) is 0 Å². The molecule has 0 aromatic heterocycles. The van der Waals surface area contributed by atoms with Gasteiger partial charge in [-0.15, -0.1) is 0 Å². The fourth-order valence-electron chi connectivity index (χ4n) is 4.94. The molecule has 22 heteroatoms. The predicted octanol–water partition coefficient (Wildman–Crippen LogP) is -4.60. The minimum atomic E-state index is -1.85. The molecule has 0 fully saturated rings. The number of aliphatic hydroxyl groups excluding tert-OH is 3. The minimum Gasteiger partial charge on any atom is -0.481 e. The van der Waals surface area contributed by atoms with Crippen molar-refractivity contribution in [1.82, 2.24) is 37.2 Å². The quantitative estimate of drug-likeness (QED) is 0.0391. The summed E-state index contributed by atoms with van der Waals surface area (Å²) in [6, 6.07) is -11.9. The van der Waals surface area contributed by atoms with E-state index < -0.39 is 140 Å². The van der Waals surface area contributed by atoms with E-state index in [1.807, 2.05) is 0 Å². The molecule has 0 saturated carbocycles. The third kappa shape index (κ3) is 17.3. The third-order valence-electron chi connectivity index (χ3n) is 8.84. The standard InChI is InChI=1S/C34H60N8O14/c1-8-16(5)25(41-29(50)20(10-15(3)4)37-27(48)18(7)36-28(49)19(35)12-43)33(54)40-23(14-45)32(53)39-22(13-44)31(52)38-21(11-24(46)47)30(51)42-26(34(55)56)17(6)9-2/h15-23,25-26,43-45H,8-14,35H2,1-7H3,(H,36,49)(H,37,48)(H,38,52)(H,39,53)(H,40,54)(H,41,50)(H,42,51)(H,46,47)(H,55,56)/t16-,17-,18-,19-,20-,21-,22-,23-,25-,26-/m0/s1. The lowest BCUT2D eigenvalue weighted by molar-refractivity contribution is -0.145. The molecule has 0 heterocycles. The van der Waals surface area contributed by atoms with Gasteiger partial charge < -0.3 is 68.5 Å². The summed E-state index contributed by atoms with van der Waals surface area (Å²) in [6.45, 7) is 8.58. The molecular weight excluding hydrogens is 744 g/mol. The second-order valence-electron chi connectivity index (χ2n) is 13.9. The molecular formula is C34H60N8O14. The topological polar surface area (TPSA) is 365 Å². The number of amides is 7. The summed E-state index contributed by atoms with van der Waals surface area (Å²) in [7, 11) is 0. The van der Waals surface area contributed by atoms with Crippen LogP contribution in [0.1, 0.15) is 74.1 Å². The average Bonchev–Trinajstić information content (AvgIpc) is 3.14. The fraction of sp³-hybridized carbons (Fsp3) is 0.735. The van der Waals surface area contributed by atoms with Crippen molar-refractivity contribution in [2.24, 2.45) is 23.5 Å². The molecule has 0 aromatic rings. The van der Waals surface area contributed by atoms with Crippen LogP contribution in [0.2, 0.25) is 0 Å². The first kappa shape index (κ1) is 51.1. The van der Waals surface area contributed by atoms with Crippen LogP contribution in [0.15, 0.2) is 0 Å². The predicted molar refractivity (Wildman–Crippen MR) is 197 cm³/mol. The van der Waals surface area contributed by atoms with Gasteiger partial charge in [0.25, 0.3) is 0 Å². The van der Waals surface area contributed by atoms with Crippen LogP contribution in [0.5, 0.6) is 0 Å². The van der Waals surface area contributed by atoms with Crippen LogP contribution in [-0.2, 0) is 43.2 Å². The third-order valence-corrected chi connectivity index (χ3v) is 8.84. The van der Waals surface area contributed by atoms with Crippen LogP contribution in [0.3, 0.4) is 0 Å². The molecule has 320 valence electrons. The number of rotatable bonds is 26. The van der Waals surface area contributed by atoms with Gasteiger partial charge in [0.2, 0.25) is 41.4 Å². The summed E-state index contributed by atoms with van der Waals surface area (Å²) >= 11 is 0. The highest BCUT2D eigenvalue weighted by Crippen LogP contribution is 2.12. The van der Waals surface area contributed by atoms with Crippen molar-refractivity contribution in [3.8, 4) is 0 Å². The molecule has 0 aliphatic rings. The Kier molecular flexibility index (Phi) is 23.0.